The van der Waals surface area contributed by atoms with E-state index >= 15 is 0 Å². The van der Waals surface area contributed by atoms with Gasteiger partial charge in [0.05, 0.1) is 12.7 Å². The summed E-state index contributed by atoms with van der Waals surface area (Å²) in [6.45, 7) is 2.14. The number of aromatic nitrogens is 2. The Labute approximate surface area is 97.6 Å². The number of halogens is 2. The van der Waals surface area contributed by atoms with Crippen LogP contribution in [-0.2, 0) is 6.54 Å². The lowest BCUT2D eigenvalue weighted by Gasteiger charge is -2.06. The molecule has 1 aromatic heterocycles. The third-order valence-electron chi connectivity index (χ3n) is 2.40. The van der Waals surface area contributed by atoms with Gasteiger partial charge in [-0.05, 0) is 25.1 Å². The highest BCUT2D eigenvalue weighted by Crippen LogP contribution is 2.18. The largest absolute Gasteiger partial charge is 0.384 e. The molecule has 0 spiro atoms. The molecule has 0 unspecified atom stereocenters. The lowest BCUT2D eigenvalue weighted by atomic mass is 10.2. The van der Waals surface area contributed by atoms with Crippen molar-refractivity contribution in [3.05, 3.63) is 46.4 Å². The third-order valence-corrected chi connectivity index (χ3v) is 2.64. The Bertz CT molecular complexity index is 522. The molecule has 0 amide bonds. The van der Waals surface area contributed by atoms with Crippen LogP contribution in [0.3, 0.4) is 0 Å². The summed E-state index contributed by atoms with van der Waals surface area (Å²) >= 11 is 5.80. The number of benzene rings is 1. The average Bonchev–Trinajstić information content (AvgIpc) is 2.55. The highest BCUT2D eigenvalue weighted by atomic mass is 35.5. The SMILES string of the molecule is Cc1cnn(Cc2cc(Cl)ccc2F)c1N. The normalized spacial score (nSPS) is 10.7. The molecule has 2 N–H and O–H groups in total. The van der Waals surface area contributed by atoms with Crippen molar-refractivity contribution in [2.45, 2.75) is 13.5 Å². The van der Waals surface area contributed by atoms with E-state index in [1.165, 1.54) is 12.1 Å². The van der Waals surface area contributed by atoms with Crippen LogP contribution in [-0.4, -0.2) is 9.78 Å². The molecule has 0 aliphatic heterocycles. The van der Waals surface area contributed by atoms with Gasteiger partial charge in [-0.15, -0.1) is 0 Å². The molecular weight excluding hydrogens is 229 g/mol. The highest BCUT2D eigenvalue weighted by molar-refractivity contribution is 6.30. The average molecular weight is 240 g/mol. The van der Waals surface area contributed by atoms with Gasteiger partial charge in [-0.25, -0.2) is 9.07 Å². The van der Waals surface area contributed by atoms with Crippen LogP contribution in [0.15, 0.2) is 24.4 Å². The maximum Gasteiger partial charge on any atom is 0.128 e. The number of aryl methyl sites for hydroxylation is 1. The summed E-state index contributed by atoms with van der Waals surface area (Å²) in [5.74, 6) is 0.233. The lowest BCUT2D eigenvalue weighted by Crippen LogP contribution is -2.07. The van der Waals surface area contributed by atoms with Gasteiger partial charge in [0.15, 0.2) is 0 Å². The van der Waals surface area contributed by atoms with Crippen molar-refractivity contribution in [2.24, 2.45) is 0 Å². The molecule has 2 aromatic rings. The Morgan fingerprint density at radius 3 is 2.88 bits per heavy atom. The second kappa shape index (κ2) is 4.14. The van der Waals surface area contributed by atoms with E-state index in [1.54, 1.807) is 16.9 Å². The standard InChI is InChI=1S/C11H11ClFN3/c1-7-5-15-16(11(7)14)6-8-4-9(12)2-3-10(8)13/h2-5H,6,14H2,1H3. The van der Waals surface area contributed by atoms with Gasteiger partial charge in [-0.2, -0.15) is 5.10 Å². The molecule has 0 aliphatic carbocycles. The minimum atomic E-state index is -0.308. The van der Waals surface area contributed by atoms with Gasteiger partial charge in [0.25, 0.3) is 0 Å². The second-order valence-corrected chi connectivity index (χ2v) is 4.04. The zero-order chi connectivity index (χ0) is 11.7. The van der Waals surface area contributed by atoms with Gasteiger partial charge in [0, 0.05) is 16.1 Å². The number of anilines is 1. The molecule has 0 bridgehead atoms. The highest BCUT2D eigenvalue weighted by Gasteiger charge is 2.08. The first-order chi connectivity index (χ1) is 7.58. The van der Waals surface area contributed by atoms with Crippen molar-refractivity contribution >= 4 is 17.4 Å². The van der Waals surface area contributed by atoms with Crippen LogP contribution in [0.25, 0.3) is 0 Å². The Morgan fingerprint density at radius 2 is 2.25 bits per heavy atom. The molecular formula is C11H11ClFN3. The molecule has 0 saturated carbocycles. The maximum atomic E-state index is 13.5. The number of nitrogen functional groups attached to an aromatic ring is 1. The Kier molecular flexibility index (Phi) is 2.83. The monoisotopic (exact) mass is 239 g/mol. The summed E-state index contributed by atoms with van der Waals surface area (Å²) in [5.41, 5.74) is 7.14. The minimum absolute atomic E-state index is 0.284. The Hall–Kier alpha value is -1.55. The van der Waals surface area contributed by atoms with Crippen molar-refractivity contribution in [2.75, 3.05) is 5.73 Å². The molecule has 0 saturated heterocycles. The van der Waals surface area contributed by atoms with Crippen molar-refractivity contribution in [1.29, 1.82) is 0 Å². The fraction of sp³-hybridized carbons (Fsp3) is 0.182. The second-order valence-electron chi connectivity index (χ2n) is 3.61. The number of nitrogens with zero attached hydrogens (tertiary/aromatic N) is 2. The number of hydrogen-bond donors (Lipinski definition) is 1. The lowest BCUT2D eigenvalue weighted by molar-refractivity contribution is 0.587. The van der Waals surface area contributed by atoms with Gasteiger partial charge < -0.3 is 5.73 Å². The minimum Gasteiger partial charge on any atom is -0.384 e. The summed E-state index contributed by atoms with van der Waals surface area (Å²) in [5, 5.41) is 4.56. The van der Waals surface area contributed by atoms with Crippen LogP contribution >= 0.6 is 11.6 Å². The third kappa shape index (κ3) is 2.02. The summed E-state index contributed by atoms with van der Waals surface area (Å²) in [6.07, 6.45) is 1.65. The summed E-state index contributed by atoms with van der Waals surface area (Å²) in [6, 6.07) is 4.43. The molecule has 5 heteroatoms. The fourth-order valence-corrected chi connectivity index (χ4v) is 1.63. The molecule has 1 heterocycles. The Morgan fingerprint density at radius 1 is 1.50 bits per heavy atom. The van der Waals surface area contributed by atoms with Crippen LogP contribution in [0.4, 0.5) is 10.2 Å². The fourth-order valence-electron chi connectivity index (χ4n) is 1.44. The number of rotatable bonds is 2. The van der Waals surface area contributed by atoms with E-state index in [0.29, 0.717) is 16.4 Å². The molecule has 0 fully saturated rings. The van der Waals surface area contributed by atoms with Gasteiger partial charge in [-0.1, -0.05) is 11.6 Å². The topological polar surface area (TPSA) is 43.8 Å². The van der Waals surface area contributed by atoms with Crippen molar-refractivity contribution in [1.82, 2.24) is 9.78 Å². The number of hydrogen-bond acceptors (Lipinski definition) is 2. The van der Waals surface area contributed by atoms with E-state index in [0.717, 1.165) is 5.56 Å². The first-order valence-electron chi connectivity index (χ1n) is 4.79. The van der Waals surface area contributed by atoms with Gasteiger partial charge in [0.1, 0.15) is 11.6 Å². The van der Waals surface area contributed by atoms with Crippen molar-refractivity contribution < 1.29 is 4.39 Å². The van der Waals surface area contributed by atoms with E-state index in [4.69, 9.17) is 17.3 Å². The van der Waals surface area contributed by atoms with Crippen LogP contribution in [0, 0.1) is 12.7 Å². The van der Waals surface area contributed by atoms with E-state index < -0.39 is 0 Å². The molecule has 0 aliphatic rings. The van der Waals surface area contributed by atoms with E-state index in [-0.39, 0.29) is 12.4 Å². The molecule has 84 valence electrons. The van der Waals surface area contributed by atoms with Crippen molar-refractivity contribution in [3.8, 4) is 0 Å². The molecule has 0 atom stereocenters. The predicted octanol–water partition coefficient (Wildman–Crippen LogP) is 2.61. The zero-order valence-corrected chi connectivity index (χ0v) is 9.50. The van der Waals surface area contributed by atoms with Crippen LogP contribution in [0.1, 0.15) is 11.1 Å². The van der Waals surface area contributed by atoms with Crippen LogP contribution in [0.2, 0.25) is 5.02 Å². The van der Waals surface area contributed by atoms with Gasteiger partial charge in [0.2, 0.25) is 0 Å². The maximum absolute atomic E-state index is 13.5. The van der Waals surface area contributed by atoms with Gasteiger partial charge in [-0.3, -0.25) is 0 Å². The first kappa shape index (κ1) is 11.0. The molecule has 1 aromatic carbocycles. The Balaban J connectivity index is 2.33. The number of nitrogens with two attached hydrogens (primary N) is 1. The first-order valence-corrected chi connectivity index (χ1v) is 5.17. The zero-order valence-electron chi connectivity index (χ0n) is 8.74. The molecule has 16 heavy (non-hydrogen) atoms. The molecule has 2 rings (SSSR count). The molecule has 3 nitrogen and oxygen atoms in total. The van der Waals surface area contributed by atoms with Crippen LogP contribution < -0.4 is 5.73 Å². The van der Waals surface area contributed by atoms with E-state index in [1.807, 2.05) is 6.92 Å². The summed E-state index contributed by atoms with van der Waals surface area (Å²) in [4.78, 5) is 0. The van der Waals surface area contributed by atoms with E-state index in [2.05, 4.69) is 5.10 Å². The van der Waals surface area contributed by atoms with Gasteiger partial charge >= 0.3 is 0 Å². The van der Waals surface area contributed by atoms with Crippen molar-refractivity contribution in [3.63, 3.8) is 0 Å². The smallest absolute Gasteiger partial charge is 0.128 e. The quantitative estimate of drug-likeness (QED) is 0.876. The van der Waals surface area contributed by atoms with E-state index in [9.17, 15) is 4.39 Å². The molecule has 0 radical (unpaired) electrons. The predicted molar refractivity (Wildman–Crippen MR) is 61.9 cm³/mol. The van der Waals surface area contributed by atoms with Crippen LogP contribution in [0.5, 0.6) is 0 Å². The summed E-state index contributed by atoms with van der Waals surface area (Å²) < 4.78 is 15.0. The summed E-state index contributed by atoms with van der Waals surface area (Å²) in [7, 11) is 0.